The molecule has 0 spiro atoms. The van der Waals surface area contributed by atoms with Gasteiger partial charge in [0.05, 0.1) is 10.9 Å². The summed E-state index contributed by atoms with van der Waals surface area (Å²) < 4.78 is 27.5. The molecule has 0 unspecified atom stereocenters. The maximum atomic E-state index is 12.9. The number of hydrogen-bond acceptors (Lipinski definition) is 5. The van der Waals surface area contributed by atoms with Crippen LogP contribution < -0.4 is 5.32 Å². The van der Waals surface area contributed by atoms with Crippen LogP contribution in [0.3, 0.4) is 0 Å². The van der Waals surface area contributed by atoms with Crippen molar-refractivity contribution in [3.05, 3.63) is 52.2 Å². The van der Waals surface area contributed by atoms with Crippen molar-refractivity contribution in [3.8, 4) is 0 Å². The van der Waals surface area contributed by atoms with Gasteiger partial charge in [-0.2, -0.15) is 4.31 Å². The number of carbonyl (C=O) groups is 1. The van der Waals surface area contributed by atoms with E-state index in [1.807, 2.05) is 6.07 Å². The van der Waals surface area contributed by atoms with Gasteiger partial charge in [-0.25, -0.2) is 8.42 Å². The predicted octanol–water partition coefficient (Wildman–Crippen LogP) is 3.88. The van der Waals surface area contributed by atoms with Crippen molar-refractivity contribution in [3.63, 3.8) is 0 Å². The van der Waals surface area contributed by atoms with Crippen molar-refractivity contribution in [2.24, 2.45) is 0 Å². The topological polar surface area (TPSA) is 69.7 Å². The van der Waals surface area contributed by atoms with Crippen molar-refractivity contribution >= 4 is 27.3 Å². The lowest BCUT2D eigenvalue weighted by atomic mass is 10.2. The van der Waals surface area contributed by atoms with Crippen molar-refractivity contribution < 1.29 is 13.2 Å². The third kappa shape index (κ3) is 5.37. The van der Waals surface area contributed by atoms with Crippen LogP contribution in [-0.2, 0) is 10.0 Å². The van der Waals surface area contributed by atoms with Gasteiger partial charge < -0.3 is 5.32 Å². The number of sulfonamides is 1. The van der Waals surface area contributed by atoms with E-state index in [9.17, 15) is 13.2 Å². The Balaban J connectivity index is 1.41. The Bertz CT molecular complexity index is 944. The molecule has 31 heavy (non-hydrogen) atoms. The second-order valence-corrected chi connectivity index (χ2v) is 11.2. The van der Waals surface area contributed by atoms with E-state index >= 15 is 0 Å². The lowest BCUT2D eigenvalue weighted by Gasteiger charge is -2.27. The van der Waals surface area contributed by atoms with Gasteiger partial charge in [-0.05, 0) is 74.5 Å². The van der Waals surface area contributed by atoms with Gasteiger partial charge in [0, 0.05) is 30.1 Å². The number of nitrogens with one attached hydrogen (secondary N) is 1. The molecule has 1 N–H and O–H groups in total. The van der Waals surface area contributed by atoms with Crippen LogP contribution in [-0.4, -0.2) is 56.3 Å². The molecule has 2 aliphatic heterocycles. The summed E-state index contributed by atoms with van der Waals surface area (Å²) >= 11 is 1.72. The molecule has 1 aromatic carbocycles. The highest BCUT2D eigenvalue weighted by molar-refractivity contribution is 7.89. The average Bonchev–Trinajstić information content (AvgIpc) is 3.44. The summed E-state index contributed by atoms with van der Waals surface area (Å²) in [7, 11) is -3.50. The number of nitrogens with zero attached hydrogens (tertiary/aromatic N) is 2. The van der Waals surface area contributed by atoms with Crippen LogP contribution >= 0.6 is 11.3 Å². The first-order valence-corrected chi connectivity index (χ1v) is 13.5. The van der Waals surface area contributed by atoms with Crippen LogP contribution in [0, 0.1) is 0 Å². The number of benzene rings is 1. The minimum Gasteiger partial charge on any atom is -0.350 e. The van der Waals surface area contributed by atoms with Crippen molar-refractivity contribution in [1.82, 2.24) is 14.5 Å². The first-order valence-electron chi connectivity index (χ1n) is 11.2. The highest BCUT2D eigenvalue weighted by Gasteiger charge is 2.26. The third-order valence-electron chi connectivity index (χ3n) is 6.23. The Kier molecular flexibility index (Phi) is 7.43. The van der Waals surface area contributed by atoms with E-state index < -0.39 is 10.0 Å². The minimum atomic E-state index is -3.50. The fourth-order valence-electron chi connectivity index (χ4n) is 4.44. The van der Waals surface area contributed by atoms with Gasteiger partial charge >= 0.3 is 0 Å². The van der Waals surface area contributed by atoms with Crippen LogP contribution in [0.2, 0.25) is 0 Å². The Morgan fingerprint density at radius 3 is 2.19 bits per heavy atom. The number of amides is 1. The zero-order valence-electron chi connectivity index (χ0n) is 17.8. The molecule has 0 radical (unpaired) electrons. The molecule has 2 aromatic rings. The van der Waals surface area contributed by atoms with E-state index in [1.165, 1.54) is 17.7 Å². The van der Waals surface area contributed by atoms with E-state index in [0.29, 0.717) is 25.2 Å². The molecular weight excluding hydrogens is 430 g/mol. The number of rotatable bonds is 7. The summed E-state index contributed by atoms with van der Waals surface area (Å²) in [6, 6.07) is 10.7. The molecule has 0 saturated carbocycles. The van der Waals surface area contributed by atoms with Crippen LogP contribution in [0.5, 0.6) is 0 Å². The van der Waals surface area contributed by atoms with Gasteiger partial charge in [-0.1, -0.05) is 18.9 Å². The SMILES string of the molecule is O=C(NC[C@@H](c1cccs1)N1CCCC1)c1ccc(S(=O)(=O)N2CCCCCC2)cc1. The molecule has 0 bridgehead atoms. The summed E-state index contributed by atoms with van der Waals surface area (Å²) in [5, 5.41) is 5.13. The molecule has 1 aromatic heterocycles. The van der Waals surface area contributed by atoms with Gasteiger partial charge in [0.1, 0.15) is 0 Å². The molecule has 2 fully saturated rings. The zero-order chi connectivity index (χ0) is 21.7. The van der Waals surface area contributed by atoms with Gasteiger partial charge in [0.15, 0.2) is 0 Å². The second kappa shape index (κ2) is 10.3. The fraction of sp³-hybridized carbons (Fsp3) is 0.522. The summed E-state index contributed by atoms with van der Waals surface area (Å²) in [6.07, 6.45) is 6.36. The largest absolute Gasteiger partial charge is 0.350 e. The predicted molar refractivity (Wildman–Crippen MR) is 124 cm³/mol. The lowest BCUT2D eigenvalue weighted by Crippen LogP contribution is -2.36. The van der Waals surface area contributed by atoms with Gasteiger partial charge in [0.2, 0.25) is 10.0 Å². The maximum Gasteiger partial charge on any atom is 0.251 e. The minimum absolute atomic E-state index is 0.167. The van der Waals surface area contributed by atoms with E-state index in [4.69, 9.17) is 0 Å². The molecule has 3 heterocycles. The van der Waals surface area contributed by atoms with Crippen LogP contribution in [0.15, 0.2) is 46.7 Å². The number of thiophene rings is 1. The number of likely N-dealkylation sites (tertiary alicyclic amines) is 1. The van der Waals surface area contributed by atoms with Crippen molar-refractivity contribution in [2.45, 2.75) is 49.5 Å². The molecule has 2 aliphatic rings. The molecule has 0 aliphatic carbocycles. The smallest absolute Gasteiger partial charge is 0.251 e. The molecule has 4 rings (SSSR count). The summed E-state index contributed by atoms with van der Waals surface area (Å²) in [5.74, 6) is -0.167. The van der Waals surface area contributed by atoms with Crippen molar-refractivity contribution in [2.75, 3.05) is 32.7 Å². The molecule has 6 nitrogen and oxygen atoms in total. The van der Waals surface area contributed by atoms with E-state index in [-0.39, 0.29) is 16.8 Å². The standard InChI is InChI=1S/C23H31N3O3S2/c27-23(24-18-21(22-8-7-17-30-22)25-13-5-6-14-25)19-9-11-20(12-10-19)31(28,29)26-15-3-1-2-4-16-26/h7-12,17,21H,1-6,13-16,18H2,(H,24,27)/t21-/m0/s1. The quantitative estimate of drug-likeness (QED) is 0.679. The molecule has 168 valence electrons. The van der Waals surface area contributed by atoms with E-state index in [0.717, 1.165) is 38.8 Å². The summed E-state index contributed by atoms with van der Waals surface area (Å²) in [6.45, 7) is 3.81. The Hall–Kier alpha value is -1.74. The summed E-state index contributed by atoms with van der Waals surface area (Å²) in [5.41, 5.74) is 0.487. The highest BCUT2D eigenvalue weighted by atomic mass is 32.2. The van der Waals surface area contributed by atoms with Crippen LogP contribution in [0.25, 0.3) is 0 Å². The highest BCUT2D eigenvalue weighted by Crippen LogP contribution is 2.28. The fourth-order valence-corrected chi connectivity index (χ4v) is 6.82. The van der Waals surface area contributed by atoms with Crippen LogP contribution in [0.4, 0.5) is 0 Å². The number of hydrogen-bond donors (Lipinski definition) is 1. The molecular formula is C23H31N3O3S2. The maximum absolute atomic E-state index is 12.9. The summed E-state index contributed by atoms with van der Waals surface area (Å²) in [4.78, 5) is 16.7. The Morgan fingerprint density at radius 2 is 1.58 bits per heavy atom. The third-order valence-corrected chi connectivity index (χ3v) is 9.11. The molecule has 1 amide bonds. The molecule has 8 heteroatoms. The lowest BCUT2D eigenvalue weighted by molar-refractivity contribution is 0.0938. The Morgan fingerprint density at radius 1 is 0.935 bits per heavy atom. The van der Waals surface area contributed by atoms with Gasteiger partial charge in [-0.3, -0.25) is 9.69 Å². The van der Waals surface area contributed by atoms with E-state index in [2.05, 4.69) is 21.7 Å². The van der Waals surface area contributed by atoms with Gasteiger partial charge in [0.25, 0.3) is 5.91 Å². The van der Waals surface area contributed by atoms with Gasteiger partial charge in [-0.15, -0.1) is 11.3 Å². The molecule has 1 atom stereocenters. The molecule has 2 saturated heterocycles. The zero-order valence-corrected chi connectivity index (χ0v) is 19.5. The average molecular weight is 462 g/mol. The monoisotopic (exact) mass is 461 g/mol. The Labute approximate surface area is 189 Å². The second-order valence-electron chi connectivity index (χ2n) is 8.33. The normalized spacial score (nSPS) is 19.7. The van der Waals surface area contributed by atoms with E-state index in [1.54, 1.807) is 39.9 Å². The van der Waals surface area contributed by atoms with Crippen molar-refractivity contribution in [1.29, 1.82) is 0 Å². The first-order chi connectivity index (χ1) is 15.1. The first kappa shape index (κ1) is 22.5. The van der Waals surface area contributed by atoms with Crippen LogP contribution in [0.1, 0.15) is 59.8 Å². The number of carbonyl (C=O) groups excluding carboxylic acids is 1.